The summed E-state index contributed by atoms with van der Waals surface area (Å²) in [6.07, 6.45) is 3.17. The van der Waals surface area contributed by atoms with Crippen LogP contribution in [-0.4, -0.2) is 35.5 Å². The molecule has 0 aliphatic carbocycles. The van der Waals surface area contributed by atoms with Gasteiger partial charge in [-0.2, -0.15) is 0 Å². The quantitative estimate of drug-likeness (QED) is 0.0562. The molecule has 3 amide bonds. The number of halogens is 2. The lowest BCUT2D eigenvalue weighted by Crippen LogP contribution is -2.30. The third-order valence-corrected chi connectivity index (χ3v) is 8.50. The minimum Gasteiger partial charge on any atom is -0.462 e. The van der Waals surface area contributed by atoms with Gasteiger partial charge < -0.3 is 20.7 Å². The molecule has 0 saturated heterocycles. The van der Waals surface area contributed by atoms with Crippen molar-refractivity contribution in [1.82, 2.24) is 5.32 Å². The number of unbranched alkanes of at least 4 members (excludes halogenated alkanes) is 1. The van der Waals surface area contributed by atoms with Gasteiger partial charge in [0.15, 0.2) is 0 Å². The predicted octanol–water partition coefficient (Wildman–Crippen LogP) is 8.48. The van der Waals surface area contributed by atoms with Gasteiger partial charge in [0, 0.05) is 37.4 Å². The molecule has 1 unspecified atom stereocenters. The van der Waals surface area contributed by atoms with Crippen LogP contribution in [0, 0.1) is 0 Å². The van der Waals surface area contributed by atoms with Gasteiger partial charge in [-0.3, -0.25) is 14.4 Å². The molecule has 4 aromatic carbocycles. The zero-order valence-electron chi connectivity index (χ0n) is 25.7. The first-order valence-corrected chi connectivity index (χ1v) is 16.5. The van der Waals surface area contributed by atoms with Crippen LogP contribution in [0.3, 0.4) is 0 Å². The number of nitrogens with one attached hydrogen (secondary N) is 3. The van der Waals surface area contributed by atoms with Gasteiger partial charge in [-0.05, 0) is 92.2 Å². The van der Waals surface area contributed by atoms with Crippen molar-refractivity contribution in [2.45, 2.75) is 36.8 Å². The standard InChI is InChI=1S/C36H33Cl2N3O5S/c1-3-4-21-46-36(45)25-13-15-26(16-14-25)39-33(42)23(2)47-28-19-17-27(18-20-28)40-35(44)32(22-29-30(37)11-8-12-31(29)38)41-34(43)24-9-6-5-7-10-24/h5-20,22-23H,3-4,21H2,1-2H3,(H,39,42)(H,40,44)(H,41,43)/b32-22-. The van der Waals surface area contributed by atoms with Gasteiger partial charge in [-0.1, -0.05) is 60.8 Å². The molecule has 4 aromatic rings. The van der Waals surface area contributed by atoms with E-state index in [1.807, 2.05) is 6.92 Å². The van der Waals surface area contributed by atoms with Crippen LogP contribution >= 0.6 is 35.0 Å². The lowest BCUT2D eigenvalue weighted by molar-refractivity contribution is -0.115. The fourth-order valence-electron chi connectivity index (χ4n) is 4.13. The van der Waals surface area contributed by atoms with Crippen molar-refractivity contribution >= 4 is 76.1 Å². The maximum absolute atomic E-state index is 13.4. The minimum absolute atomic E-state index is 0.0565. The number of benzene rings is 4. The first-order valence-electron chi connectivity index (χ1n) is 14.8. The van der Waals surface area contributed by atoms with E-state index in [9.17, 15) is 19.2 Å². The highest BCUT2D eigenvalue weighted by atomic mass is 35.5. The summed E-state index contributed by atoms with van der Waals surface area (Å²) in [6.45, 7) is 4.17. The largest absolute Gasteiger partial charge is 0.462 e. The molecule has 0 heterocycles. The topological polar surface area (TPSA) is 114 Å². The van der Waals surface area contributed by atoms with Gasteiger partial charge in [0.1, 0.15) is 5.70 Å². The summed E-state index contributed by atoms with van der Waals surface area (Å²) in [5, 5.41) is 8.50. The number of carbonyl (C=O) groups is 4. The van der Waals surface area contributed by atoms with Crippen molar-refractivity contribution in [3.05, 3.63) is 129 Å². The maximum Gasteiger partial charge on any atom is 0.338 e. The normalized spacial score (nSPS) is 11.7. The van der Waals surface area contributed by atoms with Gasteiger partial charge in [0.2, 0.25) is 5.91 Å². The second-order valence-corrected chi connectivity index (χ2v) is 12.5. The number of hydrogen-bond donors (Lipinski definition) is 3. The second kappa shape index (κ2) is 17.4. The van der Waals surface area contributed by atoms with E-state index in [1.54, 1.807) is 104 Å². The zero-order valence-corrected chi connectivity index (χ0v) is 28.0. The van der Waals surface area contributed by atoms with Gasteiger partial charge in [0.05, 0.1) is 17.4 Å². The smallest absolute Gasteiger partial charge is 0.338 e. The van der Waals surface area contributed by atoms with E-state index in [1.165, 1.54) is 17.8 Å². The Kier molecular flexibility index (Phi) is 13.0. The van der Waals surface area contributed by atoms with Gasteiger partial charge >= 0.3 is 5.97 Å². The first kappa shape index (κ1) is 35.3. The Hall–Kier alpha value is -4.57. The number of carbonyl (C=O) groups excluding carboxylic acids is 4. The molecule has 3 N–H and O–H groups in total. The average molecular weight is 691 g/mol. The van der Waals surface area contributed by atoms with Gasteiger partial charge in [-0.15, -0.1) is 11.8 Å². The molecule has 242 valence electrons. The van der Waals surface area contributed by atoms with Crippen LogP contribution in [0.2, 0.25) is 10.0 Å². The van der Waals surface area contributed by atoms with E-state index in [-0.39, 0.29) is 11.6 Å². The van der Waals surface area contributed by atoms with Crippen molar-refractivity contribution in [2.75, 3.05) is 17.2 Å². The number of esters is 1. The van der Waals surface area contributed by atoms with Crippen LogP contribution in [0.1, 0.15) is 53.0 Å². The van der Waals surface area contributed by atoms with Crippen LogP contribution in [0.25, 0.3) is 6.08 Å². The average Bonchev–Trinajstić information content (AvgIpc) is 3.07. The molecule has 0 saturated carbocycles. The van der Waals surface area contributed by atoms with Gasteiger partial charge in [0.25, 0.3) is 11.8 Å². The first-order chi connectivity index (χ1) is 22.6. The lowest BCUT2D eigenvalue weighted by atomic mass is 10.1. The summed E-state index contributed by atoms with van der Waals surface area (Å²) < 4.78 is 5.22. The van der Waals surface area contributed by atoms with Crippen LogP contribution < -0.4 is 16.0 Å². The molecular formula is C36H33Cl2N3O5S. The summed E-state index contributed by atoms with van der Waals surface area (Å²) in [5.74, 6) is -1.67. The molecule has 0 spiro atoms. The number of amides is 3. The molecule has 0 fully saturated rings. The Labute approximate surface area is 287 Å². The highest BCUT2D eigenvalue weighted by Crippen LogP contribution is 2.28. The minimum atomic E-state index is -0.585. The number of thioether (sulfide) groups is 1. The summed E-state index contributed by atoms with van der Waals surface area (Å²) in [4.78, 5) is 52.1. The van der Waals surface area contributed by atoms with Crippen molar-refractivity contribution < 1.29 is 23.9 Å². The molecule has 4 rings (SSSR count). The molecular weight excluding hydrogens is 657 g/mol. The van der Waals surface area contributed by atoms with Crippen molar-refractivity contribution in [1.29, 1.82) is 0 Å². The molecule has 0 aliphatic heterocycles. The highest BCUT2D eigenvalue weighted by molar-refractivity contribution is 8.00. The van der Waals surface area contributed by atoms with E-state index >= 15 is 0 Å². The monoisotopic (exact) mass is 689 g/mol. The Morgan fingerprint density at radius 3 is 2.04 bits per heavy atom. The zero-order chi connectivity index (χ0) is 33.8. The van der Waals surface area contributed by atoms with E-state index in [4.69, 9.17) is 27.9 Å². The molecule has 0 aromatic heterocycles. The fourth-order valence-corrected chi connectivity index (χ4v) is 5.51. The molecule has 11 heteroatoms. The number of rotatable bonds is 13. The number of hydrogen-bond acceptors (Lipinski definition) is 6. The van der Waals surface area contributed by atoms with E-state index in [0.717, 1.165) is 17.7 Å². The third-order valence-electron chi connectivity index (χ3n) is 6.73. The predicted molar refractivity (Wildman–Crippen MR) is 189 cm³/mol. The van der Waals surface area contributed by atoms with Crippen molar-refractivity contribution in [2.24, 2.45) is 0 Å². The Morgan fingerprint density at radius 1 is 0.787 bits per heavy atom. The Balaban J connectivity index is 1.38. The van der Waals surface area contributed by atoms with E-state index in [0.29, 0.717) is 44.7 Å². The van der Waals surface area contributed by atoms with Crippen LogP contribution in [0.15, 0.2) is 108 Å². The maximum atomic E-state index is 13.4. The lowest BCUT2D eigenvalue weighted by Gasteiger charge is -2.14. The van der Waals surface area contributed by atoms with Crippen LogP contribution in [0.5, 0.6) is 0 Å². The SMILES string of the molecule is CCCCOC(=O)c1ccc(NC(=O)C(C)Sc2ccc(NC(=O)/C(=C/c3c(Cl)cccc3Cl)NC(=O)c3ccccc3)cc2)cc1. The Bertz CT molecular complexity index is 1730. The molecule has 1 atom stereocenters. The van der Waals surface area contributed by atoms with Crippen molar-refractivity contribution in [3.63, 3.8) is 0 Å². The summed E-state index contributed by atoms with van der Waals surface area (Å²) in [5.41, 5.74) is 2.15. The van der Waals surface area contributed by atoms with Crippen LogP contribution in [0.4, 0.5) is 11.4 Å². The van der Waals surface area contributed by atoms with Crippen LogP contribution in [-0.2, 0) is 14.3 Å². The molecule has 0 aliphatic rings. The highest BCUT2D eigenvalue weighted by Gasteiger charge is 2.18. The molecule has 8 nitrogen and oxygen atoms in total. The second-order valence-electron chi connectivity index (χ2n) is 10.3. The molecule has 0 radical (unpaired) electrons. The number of ether oxygens (including phenoxy) is 1. The van der Waals surface area contributed by atoms with Gasteiger partial charge in [-0.25, -0.2) is 4.79 Å². The fraction of sp³-hybridized carbons (Fsp3) is 0.167. The summed E-state index contributed by atoms with van der Waals surface area (Å²) in [7, 11) is 0. The Morgan fingerprint density at radius 2 is 1.40 bits per heavy atom. The molecule has 47 heavy (non-hydrogen) atoms. The summed E-state index contributed by atoms with van der Waals surface area (Å²) >= 11 is 14.0. The van der Waals surface area contributed by atoms with E-state index < -0.39 is 23.0 Å². The van der Waals surface area contributed by atoms with E-state index in [2.05, 4.69) is 16.0 Å². The number of anilines is 2. The molecule has 0 bridgehead atoms. The van der Waals surface area contributed by atoms with Crippen molar-refractivity contribution in [3.8, 4) is 0 Å². The summed E-state index contributed by atoms with van der Waals surface area (Å²) in [6, 6.07) is 26.9. The third kappa shape index (κ3) is 10.5.